The summed E-state index contributed by atoms with van der Waals surface area (Å²) in [7, 11) is 0. The van der Waals surface area contributed by atoms with Crippen molar-refractivity contribution in [2.24, 2.45) is 4.99 Å². The van der Waals surface area contributed by atoms with E-state index in [1.54, 1.807) is 12.3 Å². The van der Waals surface area contributed by atoms with E-state index in [1.165, 1.54) is 6.07 Å². The van der Waals surface area contributed by atoms with Crippen molar-refractivity contribution >= 4 is 29.9 Å². The highest BCUT2D eigenvalue weighted by atomic mass is 127. The molecule has 0 aliphatic heterocycles. The average Bonchev–Trinajstić information content (AvgIpc) is 3.21. The van der Waals surface area contributed by atoms with Crippen molar-refractivity contribution in [3.63, 3.8) is 0 Å². The van der Waals surface area contributed by atoms with Gasteiger partial charge in [-0.25, -0.2) is 4.99 Å². The predicted molar refractivity (Wildman–Crippen MR) is 120 cm³/mol. The van der Waals surface area contributed by atoms with Crippen LogP contribution in [0.15, 0.2) is 52.1 Å². The van der Waals surface area contributed by atoms with Gasteiger partial charge in [0.05, 0.1) is 24.5 Å². The Morgan fingerprint density at radius 2 is 1.90 bits per heavy atom. The minimum atomic E-state index is -4.37. The van der Waals surface area contributed by atoms with Gasteiger partial charge in [0.15, 0.2) is 5.96 Å². The first-order valence-electron chi connectivity index (χ1n) is 9.81. The van der Waals surface area contributed by atoms with Crippen LogP contribution < -0.4 is 10.6 Å². The number of hydrogen-bond acceptors (Lipinski definition) is 3. The second kappa shape index (κ2) is 11.6. The Kier molecular flexibility index (Phi) is 9.47. The number of rotatable bonds is 6. The van der Waals surface area contributed by atoms with E-state index in [0.717, 1.165) is 43.6 Å². The summed E-state index contributed by atoms with van der Waals surface area (Å²) in [6.45, 7) is 0.715. The van der Waals surface area contributed by atoms with Crippen LogP contribution in [0.2, 0.25) is 0 Å². The van der Waals surface area contributed by atoms with Gasteiger partial charge in [-0.15, -0.1) is 24.0 Å². The fraction of sp³-hybridized carbons (Fsp3) is 0.476. The maximum atomic E-state index is 12.9. The minimum absolute atomic E-state index is 0. The monoisotopic (exact) mass is 537 g/mol. The lowest BCUT2D eigenvalue weighted by atomic mass is 9.93. The van der Waals surface area contributed by atoms with Crippen LogP contribution in [0.1, 0.15) is 42.6 Å². The van der Waals surface area contributed by atoms with E-state index in [0.29, 0.717) is 24.5 Å². The molecule has 1 aromatic heterocycles. The summed E-state index contributed by atoms with van der Waals surface area (Å²) in [6.07, 6.45) is 0.753. The van der Waals surface area contributed by atoms with Crippen molar-refractivity contribution in [1.29, 1.82) is 0 Å². The molecule has 0 radical (unpaired) electrons. The molecule has 0 unspecified atom stereocenters. The Morgan fingerprint density at radius 1 is 1.13 bits per heavy atom. The van der Waals surface area contributed by atoms with Gasteiger partial charge in [0.1, 0.15) is 5.76 Å². The van der Waals surface area contributed by atoms with Crippen LogP contribution in [-0.2, 0) is 19.1 Å². The second-order valence-corrected chi connectivity index (χ2v) is 7.27. The molecule has 3 N–H and O–H groups in total. The van der Waals surface area contributed by atoms with E-state index in [4.69, 9.17) is 4.42 Å². The first-order valence-corrected chi connectivity index (χ1v) is 9.81. The van der Waals surface area contributed by atoms with Crippen molar-refractivity contribution in [2.75, 3.05) is 6.54 Å². The number of guanidine groups is 1. The normalized spacial score (nSPS) is 19.8. The Labute approximate surface area is 191 Å². The molecule has 1 aliphatic carbocycles. The van der Waals surface area contributed by atoms with Crippen LogP contribution in [0.4, 0.5) is 13.2 Å². The molecule has 0 amide bonds. The van der Waals surface area contributed by atoms with Crippen LogP contribution in [0.3, 0.4) is 0 Å². The lowest BCUT2D eigenvalue weighted by Gasteiger charge is -2.27. The highest BCUT2D eigenvalue weighted by Gasteiger charge is 2.30. The average molecular weight is 537 g/mol. The number of halogens is 4. The van der Waals surface area contributed by atoms with Crippen molar-refractivity contribution < 1.29 is 22.7 Å². The minimum Gasteiger partial charge on any atom is -0.469 e. The molecule has 1 fully saturated rings. The smallest absolute Gasteiger partial charge is 0.416 e. The Balaban J connectivity index is 0.00000320. The zero-order valence-electron chi connectivity index (χ0n) is 16.5. The molecule has 1 aromatic carbocycles. The van der Waals surface area contributed by atoms with Crippen LogP contribution in [0, 0.1) is 0 Å². The van der Waals surface area contributed by atoms with Crippen LogP contribution in [0.25, 0.3) is 0 Å². The zero-order chi connectivity index (χ0) is 20.7. The number of benzene rings is 1. The lowest BCUT2D eigenvalue weighted by molar-refractivity contribution is -0.137. The summed E-state index contributed by atoms with van der Waals surface area (Å²) in [5.74, 6) is 1.39. The van der Waals surface area contributed by atoms with Gasteiger partial charge in [-0.3, -0.25) is 0 Å². The first-order chi connectivity index (χ1) is 13.9. The number of aliphatic hydroxyl groups is 1. The van der Waals surface area contributed by atoms with Gasteiger partial charge in [-0.1, -0.05) is 12.1 Å². The third-order valence-electron chi connectivity index (χ3n) is 4.96. The van der Waals surface area contributed by atoms with Gasteiger partial charge in [-0.05, 0) is 55.5 Å². The molecular weight excluding hydrogens is 510 g/mol. The summed E-state index contributed by atoms with van der Waals surface area (Å²) < 4.78 is 44.1. The van der Waals surface area contributed by atoms with Gasteiger partial charge in [0.25, 0.3) is 0 Å². The highest BCUT2D eigenvalue weighted by molar-refractivity contribution is 14.0. The van der Waals surface area contributed by atoms with Gasteiger partial charge >= 0.3 is 6.18 Å². The van der Waals surface area contributed by atoms with Crippen LogP contribution >= 0.6 is 24.0 Å². The number of nitrogens with one attached hydrogen (secondary N) is 2. The molecule has 30 heavy (non-hydrogen) atoms. The fourth-order valence-corrected chi connectivity index (χ4v) is 3.34. The summed E-state index contributed by atoms with van der Waals surface area (Å²) in [5.41, 5.74) is -0.183. The molecule has 0 atom stereocenters. The number of alkyl halides is 3. The summed E-state index contributed by atoms with van der Waals surface area (Å²) in [4.78, 5) is 4.48. The third kappa shape index (κ3) is 7.82. The molecule has 0 saturated heterocycles. The summed E-state index contributed by atoms with van der Waals surface area (Å²) >= 11 is 0. The van der Waals surface area contributed by atoms with E-state index in [9.17, 15) is 18.3 Å². The van der Waals surface area contributed by atoms with Crippen LogP contribution in [-0.4, -0.2) is 29.8 Å². The Bertz CT molecular complexity index is 789. The second-order valence-electron chi connectivity index (χ2n) is 7.27. The fourth-order valence-electron chi connectivity index (χ4n) is 3.34. The molecule has 0 bridgehead atoms. The van der Waals surface area contributed by atoms with Gasteiger partial charge in [0, 0.05) is 19.0 Å². The van der Waals surface area contributed by atoms with E-state index in [-0.39, 0.29) is 42.7 Å². The zero-order valence-corrected chi connectivity index (χ0v) is 18.8. The SMILES string of the molecule is I.OC1CCC(NC(=NCc2cccc(C(F)(F)F)c2)NCCc2ccco2)CC1. The molecule has 1 saturated carbocycles. The van der Waals surface area contributed by atoms with Crippen molar-refractivity contribution in [2.45, 2.75) is 57.0 Å². The number of hydrogen-bond donors (Lipinski definition) is 3. The van der Waals surface area contributed by atoms with E-state index >= 15 is 0 Å². The molecule has 9 heteroatoms. The van der Waals surface area contributed by atoms with Crippen molar-refractivity contribution in [3.8, 4) is 0 Å². The maximum Gasteiger partial charge on any atom is 0.416 e. The van der Waals surface area contributed by atoms with E-state index in [1.807, 2.05) is 12.1 Å². The molecular formula is C21H27F3IN3O2. The van der Waals surface area contributed by atoms with E-state index in [2.05, 4.69) is 15.6 Å². The molecule has 3 rings (SSSR count). The van der Waals surface area contributed by atoms with Gasteiger partial charge in [0.2, 0.25) is 0 Å². The quantitative estimate of drug-likeness (QED) is 0.289. The Hall–Kier alpha value is -1.75. The van der Waals surface area contributed by atoms with Crippen LogP contribution in [0.5, 0.6) is 0 Å². The number of nitrogens with zero attached hydrogens (tertiary/aromatic N) is 1. The summed E-state index contributed by atoms with van der Waals surface area (Å²) in [5, 5.41) is 16.2. The molecule has 5 nitrogen and oxygen atoms in total. The molecule has 0 spiro atoms. The maximum absolute atomic E-state index is 12.9. The third-order valence-corrected chi connectivity index (χ3v) is 4.96. The van der Waals surface area contributed by atoms with Crippen molar-refractivity contribution in [3.05, 3.63) is 59.5 Å². The van der Waals surface area contributed by atoms with E-state index < -0.39 is 11.7 Å². The van der Waals surface area contributed by atoms with Gasteiger partial charge < -0.3 is 20.2 Å². The standard InChI is InChI=1S/C21H26F3N3O2.HI/c22-21(23,24)16-4-1-3-15(13-16)14-26-20(25-11-10-19-5-2-12-29-19)27-17-6-8-18(28)9-7-17;/h1-5,12-13,17-18,28H,6-11,14H2,(H2,25,26,27);1H. The molecule has 166 valence electrons. The highest BCUT2D eigenvalue weighted by Crippen LogP contribution is 2.29. The molecule has 1 aliphatic rings. The number of aliphatic imine (C=N–C) groups is 1. The first kappa shape index (κ1) is 24.5. The topological polar surface area (TPSA) is 69.8 Å². The predicted octanol–water partition coefficient (Wildman–Crippen LogP) is 4.50. The Morgan fingerprint density at radius 3 is 2.57 bits per heavy atom. The van der Waals surface area contributed by atoms with Crippen molar-refractivity contribution in [1.82, 2.24) is 10.6 Å². The summed E-state index contributed by atoms with van der Waals surface area (Å²) in [6, 6.07) is 9.10. The molecule has 2 aromatic rings. The number of furan rings is 1. The molecule has 1 heterocycles. The number of aliphatic hydroxyl groups excluding tert-OH is 1. The van der Waals surface area contributed by atoms with Gasteiger partial charge in [-0.2, -0.15) is 13.2 Å². The lowest BCUT2D eigenvalue weighted by Crippen LogP contribution is -2.45. The largest absolute Gasteiger partial charge is 0.469 e.